The van der Waals surface area contributed by atoms with Gasteiger partial charge in [0, 0.05) is 25.6 Å². The number of rotatable bonds is 7. The van der Waals surface area contributed by atoms with Gasteiger partial charge in [-0.05, 0) is 31.5 Å². The average Bonchev–Trinajstić information content (AvgIpc) is 2.38. The van der Waals surface area contributed by atoms with Gasteiger partial charge in [-0.15, -0.1) is 11.6 Å². The molecular weight excluding hydrogens is 305 g/mol. The summed E-state index contributed by atoms with van der Waals surface area (Å²) < 4.78 is 45.1. The Bertz CT molecular complexity index is 549. The van der Waals surface area contributed by atoms with Crippen molar-refractivity contribution in [2.45, 2.75) is 30.7 Å². The fourth-order valence-electron chi connectivity index (χ4n) is 1.79. The van der Waals surface area contributed by atoms with Crippen LogP contribution in [0.1, 0.15) is 19.4 Å². The van der Waals surface area contributed by atoms with Gasteiger partial charge in [-0.3, -0.25) is 0 Å². The zero-order valence-electron chi connectivity index (χ0n) is 11.8. The highest BCUT2D eigenvalue weighted by molar-refractivity contribution is 7.89. The van der Waals surface area contributed by atoms with Crippen LogP contribution in [0, 0.1) is 5.82 Å². The Morgan fingerprint density at radius 1 is 1.40 bits per heavy atom. The first-order valence-electron chi connectivity index (χ1n) is 6.19. The van der Waals surface area contributed by atoms with Gasteiger partial charge in [0.15, 0.2) is 0 Å². The molecule has 0 heterocycles. The Balaban J connectivity index is 3.25. The van der Waals surface area contributed by atoms with E-state index in [-0.39, 0.29) is 30.0 Å². The number of methoxy groups -OCH3 is 1. The van der Waals surface area contributed by atoms with Crippen molar-refractivity contribution >= 4 is 21.6 Å². The highest BCUT2D eigenvalue weighted by Crippen LogP contribution is 2.23. The Kier molecular flexibility index (Phi) is 6.39. The number of ether oxygens (including phenoxy) is 1. The molecule has 0 unspecified atom stereocenters. The largest absolute Gasteiger partial charge is 0.383 e. The van der Waals surface area contributed by atoms with E-state index in [1.165, 1.54) is 23.5 Å². The molecule has 0 saturated heterocycles. The van der Waals surface area contributed by atoms with Crippen LogP contribution in [0.15, 0.2) is 23.1 Å². The molecule has 0 aromatic heterocycles. The first-order valence-corrected chi connectivity index (χ1v) is 8.17. The number of nitrogens with zero attached hydrogens (tertiary/aromatic N) is 1. The number of hydrogen-bond donors (Lipinski definition) is 0. The molecule has 0 aliphatic carbocycles. The third kappa shape index (κ3) is 3.91. The molecule has 0 amide bonds. The highest BCUT2D eigenvalue weighted by Gasteiger charge is 2.29. The van der Waals surface area contributed by atoms with Crippen molar-refractivity contribution in [3.8, 4) is 0 Å². The maximum atomic E-state index is 13.9. The van der Waals surface area contributed by atoms with Gasteiger partial charge in [-0.2, -0.15) is 4.31 Å². The lowest BCUT2D eigenvalue weighted by molar-refractivity contribution is 0.170. The first-order chi connectivity index (χ1) is 9.34. The molecule has 0 N–H and O–H groups in total. The topological polar surface area (TPSA) is 46.6 Å². The summed E-state index contributed by atoms with van der Waals surface area (Å²) in [5.74, 6) is -0.648. The number of sulfonamides is 1. The van der Waals surface area contributed by atoms with Crippen molar-refractivity contribution < 1.29 is 17.5 Å². The molecule has 0 radical (unpaired) electrons. The minimum Gasteiger partial charge on any atom is -0.383 e. The normalized spacial score (nSPS) is 12.3. The molecule has 20 heavy (non-hydrogen) atoms. The molecule has 1 rings (SSSR count). The summed E-state index contributed by atoms with van der Waals surface area (Å²) >= 11 is 5.68. The molecule has 114 valence electrons. The third-order valence-electron chi connectivity index (χ3n) is 2.83. The fraction of sp³-hybridized carbons (Fsp3) is 0.538. The van der Waals surface area contributed by atoms with Crippen molar-refractivity contribution in [3.05, 3.63) is 29.6 Å². The summed E-state index contributed by atoms with van der Waals surface area (Å²) in [4.78, 5) is -0.347. The van der Waals surface area contributed by atoms with Gasteiger partial charge in [0.25, 0.3) is 0 Å². The summed E-state index contributed by atoms with van der Waals surface area (Å²) in [6, 6.07) is 3.57. The van der Waals surface area contributed by atoms with Crippen molar-refractivity contribution in [1.82, 2.24) is 4.31 Å². The smallest absolute Gasteiger partial charge is 0.246 e. The number of alkyl halides is 1. The minimum atomic E-state index is -3.92. The van der Waals surface area contributed by atoms with Crippen molar-refractivity contribution in [2.75, 3.05) is 20.3 Å². The molecule has 0 bridgehead atoms. The van der Waals surface area contributed by atoms with Gasteiger partial charge in [0.05, 0.1) is 6.61 Å². The van der Waals surface area contributed by atoms with E-state index in [2.05, 4.69) is 0 Å². The van der Waals surface area contributed by atoms with Crippen LogP contribution in [0.3, 0.4) is 0 Å². The molecule has 0 atom stereocenters. The molecule has 0 spiro atoms. The lowest BCUT2D eigenvalue weighted by atomic mass is 10.2. The molecular formula is C13H19ClFNO3S. The third-order valence-corrected chi connectivity index (χ3v) is 5.23. The predicted octanol–water partition coefficient (Wildman–Crippen LogP) is 2.61. The number of halogens is 2. The lowest BCUT2D eigenvalue weighted by Crippen LogP contribution is -2.39. The van der Waals surface area contributed by atoms with Crippen molar-refractivity contribution in [3.63, 3.8) is 0 Å². The molecule has 0 fully saturated rings. The number of hydrogen-bond acceptors (Lipinski definition) is 3. The van der Waals surface area contributed by atoms with Crippen LogP contribution < -0.4 is 0 Å². The first kappa shape index (κ1) is 17.4. The quantitative estimate of drug-likeness (QED) is 0.725. The highest BCUT2D eigenvalue weighted by atomic mass is 35.5. The van der Waals surface area contributed by atoms with Crippen LogP contribution in [0.25, 0.3) is 0 Å². The lowest BCUT2D eigenvalue weighted by Gasteiger charge is -2.26. The maximum absolute atomic E-state index is 13.9. The van der Waals surface area contributed by atoms with E-state index in [1.807, 2.05) is 0 Å². The van der Waals surface area contributed by atoms with Gasteiger partial charge in [0.2, 0.25) is 10.0 Å². The van der Waals surface area contributed by atoms with Crippen LogP contribution in [0.4, 0.5) is 4.39 Å². The second-order valence-electron chi connectivity index (χ2n) is 4.60. The second kappa shape index (κ2) is 7.36. The van der Waals surface area contributed by atoms with Gasteiger partial charge < -0.3 is 4.74 Å². The second-order valence-corrected chi connectivity index (χ2v) is 6.73. The molecule has 0 aliphatic heterocycles. The zero-order valence-corrected chi connectivity index (χ0v) is 13.3. The predicted molar refractivity (Wildman–Crippen MR) is 76.9 cm³/mol. The summed E-state index contributed by atoms with van der Waals surface area (Å²) in [6.45, 7) is 3.88. The molecule has 1 aromatic carbocycles. The van der Waals surface area contributed by atoms with E-state index < -0.39 is 15.8 Å². The summed E-state index contributed by atoms with van der Waals surface area (Å²) in [5, 5.41) is 0. The Morgan fingerprint density at radius 2 is 2.05 bits per heavy atom. The molecule has 4 nitrogen and oxygen atoms in total. The standard InChI is InChI=1S/C13H19ClFNO3S/c1-10(2)16(6-7-19-3)20(17,18)13-8-11(9-14)4-5-12(13)15/h4-5,8,10H,6-7,9H2,1-3H3. The van der Waals surface area contributed by atoms with Crippen LogP contribution in [0.5, 0.6) is 0 Å². The van der Waals surface area contributed by atoms with E-state index in [4.69, 9.17) is 16.3 Å². The van der Waals surface area contributed by atoms with E-state index in [1.54, 1.807) is 13.8 Å². The summed E-state index contributed by atoms with van der Waals surface area (Å²) in [7, 11) is -2.43. The van der Waals surface area contributed by atoms with Crippen LogP contribution in [-0.2, 0) is 20.6 Å². The van der Waals surface area contributed by atoms with Crippen LogP contribution in [0.2, 0.25) is 0 Å². The Hall–Kier alpha value is -0.690. The summed E-state index contributed by atoms with van der Waals surface area (Å²) in [5.41, 5.74) is 0.557. The van der Waals surface area contributed by atoms with E-state index in [9.17, 15) is 12.8 Å². The Morgan fingerprint density at radius 3 is 2.55 bits per heavy atom. The monoisotopic (exact) mass is 323 g/mol. The molecule has 0 aliphatic rings. The molecule has 7 heteroatoms. The van der Waals surface area contributed by atoms with Crippen LogP contribution in [-0.4, -0.2) is 39.0 Å². The van der Waals surface area contributed by atoms with E-state index in [0.29, 0.717) is 5.56 Å². The minimum absolute atomic E-state index is 0.128. The van der Waals surface area contributed by atoms with E-state index in [0.717, 1.165) is 6.07 Å². The number of benzene rings is 1. The van der Waals surface area contributed by atoms with Gasteiger partial charge in [-0.1, -0.05) is 6.07 Å². The fourth-order valence-corrected chi connectivity index (χ4v) is 3.70. The van der Waals surface area contributed by atoms with Crippen molar-refractivity contribution in [1.29, 1.82) is 0 Å². The molecule has 0 saturated carbocycles. The van der Waals surface area contributed by atoms with Crippen LogP contribution >= 0.6 is 11.6 Å². The van der Waals surface area contributed by atoms with Gasteiger partial charge in [-0.25, -0.2) is 12.8 Å². The molecule has 1 aromatic rings. The van der Waals surface area contributed by atoms with E-state index >= 15 is 0 Å². The zero-order chi connectivity index (χ0) is 15.3. The van der Waals surface area contributed by atoms with Crippen molar-refractivity contribution in [2.24, 2.45) is 0 Å². The maximum Gasteiger partial charge on any atom is 0.246 e. The average molecular weight is 324 g/mol. The Labute approximate surface area is 124 Å². The van der Waals surface area contributed by atoms with Gasteiger partial charge in [0.1, 0.15) is 10.7 Å². The van der Waals surface area contributed by atoms with Gasteiger partial charge >= 0.3 is 0 Å². The SMILES string of the molecule is COCCN(C(C)C)S(=O)(=O)c1cc(CCl)ccc1F. The summed E-state index contributed by atoms with van der Waals surface area (Å²) in [6.07, 6.45) is 0.